The minimum atomic E-state index is 0.267. The molecule has 1 aliphatic rings. The summed E-state index contributed by atoms with van der Waals surface area (Å²) in [6.07, 6.45) is 2.08. The lowest BCUT2D eigenvalue weighted by atomic mass is 10.1. The van der Waals surface area contributed by atoms with Gasteiger partial charge in [0.2, 0.25) is 0 Å². The summed E-state index contributed by atoms with van der Waals surface area (Å²) in [7, 11) is 2.19. The monoisotopic (exact) mass is 395 g/mol. The Kier molecular flexibility index (Phi) is 4.53. The average molecular weight is 396 g/mol. The van der Waals surface area contributed by atoms with Crippen molar-refractivity contribution in [2.75, 3.05) is 26.7 Å². The molecule has 4 aromatic rings. The van der Waals surface area contributed by atoms with Crippen molar-refractivity contribution >= 4 is 28.2 Å². The van der Waals surface area contributed by atoms with Crippen molar-refractivity contribution in [3.05, 3.63) is 63.2 Å². The molecule has 27 heavy (non-hydrogen) atoms. The van der Waals surface area contributed by atoms with Gasteiger partial charge in [-0.05, 0) is 47.0 Å². The van der Waals surface area contributed by atoms with E-state index in [1.54, 1.807) is 11.3 Å². The van der Waals surface area contributed by atoms with Crippen molar-refractivity contribution in [3.63, 3.8) is 0 Å². The molecule has 0 spiro atoms. The first kappa shape index (κ1) is 17.1. The van der Waals surface area contributed by atoms with Gasteiger partial charge < -0.3 is 0 Å². The quantitative estimate of drug-likeness (QED) is 0.523. The third-order valence-electron chi connectivity index (χ3n) is 5.30. The molecule has 7 heteroatoms. The van der Waals surface area contributed by atoms with E-state index in [-0.39, 0.29) is 6.04 Å². The Morgan fingerprint density at radius 1 is 1.11 bits per heavy atom. The highest BCUT2D eigenvalue weighted by molar-refractivity contribution is 7.09. The zero-order valence-corrected chi connectivity index (χ0v) is 16.8. The Morgan fingerprint density at radius 2 is 2.07 bits per heavy atom. The summed E-state index contributed by atoms with van der Waals surface area (Å²) in [6.45, 7) is 4.13. The molecule has 5 nitrogen and oxygen atoms in total. The van der Waals surface area contributed by atoms with E-state index in [9.17, 15) is 0 Å². The fraction of sp³-hybridized carbons (Fsp3) is 0.300. The SMILES string of the molecule is CN1CCN(Cc2cccs2)C[C@@H]1c1nnn2cc(-c3ccsc3)ccc12. The summed E-state index contributed by atoms with van der Waals surface area (Å²) in [5.41, 5.74) is 4.58. The van der Waals surface area contributed by atoms with Crippen LogP contribution in [0, 0.1) is 0 Å². The van der Waals surface area contributed by atoms with E-state index >= 15 is 0 Å². The molecule has 0 amide bonds. The second-order valence-corrected chi connectivity index (χ2v) is 8.86. The average Bonchev–Trinajstić information content (AvgIpc) is 3.44. The van der Waals surface area contributed by atoms with Crippen LogP contribution in [-0.2, 0) is 6.54 Å². The number of hydrogen-bond acceptors (Lipinski definition) is 6. The predicted molar refractivity (Wildman–Crippen MR) is 111 cm³/mol. The topological polar surface area (TPSA) is 36.7 Å². The molecule has 5 heterocycles. The lowest BCUT2D eigenvalue weighted by Crippen LogP contribution is -2.46. The summed E-state index contributed by atoms with van der Waals surface area (Å²) >= 11 is 3.55. The van der Waals surface area contributed by atoms with E-state index in [0.717, 1.165) is 37.4 Å². The summed E-state index contributed by atoms with van der Waals surface area (Å²) in [5.74, 6) is 0. The third-order valence-corrected chi connectivity index (χ3v) is 6.85. The molecule has 1 fully saturated rings. The van der Waals surface area contributed by atoms with E-state index < -0.39 is 0 Å². The van der Waals surface area contributed by atoms with E-state index in [1.165, 1.54) is 16.0 Å². The fourth-order valence-corrected chi connectivity index (χ4v) is 5.15. The van der Waals surface area contributed by atoms with E-state index in [2.05, 4.69) is 79.8 Å². The fourth-order valence-electron chi connectivity index (χ4n) is 3.74. The number of piperazine rings is 1. The zero-order valence-electron chi connectivity index (χ0n) is 15.2. The van der Waals surface area contributed by atoms with Crippen molar-refractivity contribution in [2.45, 2.75) is 12.6 Å². The highest BCUT2D eigenvalue weighted by Gasteiger charge is 2.29. The number of thiophene rings is 2. The molecule has 4 aromatic heterocycles. The molecule has 0 radical (unpaired) electrons. The number of pyridine rings is 1. The molecule has 0 unspecified atom stereocenters. The van der Waals surface area contributed by atoms with Crippen LogP contribution < -0.4 is 0 Å². The molecule has 0 saturated carbocycles. The summed E-state index contributed by atoms with van der Waals surface area (Å²) in [4.78, 5) is 6.36. The van der Waals surface area contributed by atoms with Crippen molar-refractivity contribution < 1.29 is 0 Å². The van der Waals surface area contributed by atoms with Gasteiger partial charge in [0.25, 0.3) is 0 Å². The second kappa shape index (κ2) is 7.16. The molecular weight excluding hydrogens is 374 g/mol. The van der Waals surface area contributed by atoms with Gasteiger partial charge in [-0.25, -0.2) is 4.52 Å². The van der Waals surface area contributed by atoms with Crippen LogP contribution in [-0.4, -0.2) is 51.3 Å². The Morgan fingerprint density at radius 3 is 2.89 bits per heavy atom. The van der Waals surface area contributed by atoms with E-state index in [0.29, 0.717) is 0 Å². The van der Waals surface area contributed by atoms with Gasteiger partial charge in [-0.1, -0.05) is 17.3 Å². The lowest BCUT2D eigenvalue weighted by Gasteiger charge is -2.38. The lowest BCUT2D eigenvalue weighted by molar-refractivity contribution is 0.0896. The second-order valence-electron chi connectivity index (χ2n) is 7.05. The summed E-state index contributed by atoms with van der Waals surface area (Å²) in [6, 6.07) is 11.1. The maximum Gasteiger partial charge on any atom is 0.109 e. The molecule has 0 N–H and O–H groups in total. The van der Waals surface area contributed by atoms with Gasteiger partial charge in [0.1, 0.15) is 5.69 Å². The maximum absolute atomic E-state index is 4.57. The first-order valence-electron chi connectivity index (χ1n) is 9.10. The molecule has 138 valence electrons. The van der Waals surface area contributed by atoms with Gasteiger partial charge in [-0.2, -0.15) is 11.3 Å². The van der Waals surface area contributed by atoms with Gasteiger partial charge in [0.05, 0.1) is 11.6 Å². The summed E-state index contributed by atoms with van der Waals surface area (Å²) in [5, 5.41) is 15.4. The van der Waals surface area contributed by atoms with Crippen molar-refractivity contribution in [3.8, 4) is 11.1 Å². The minimum Gasteiger partial charge on any atom is -0.295 e. The maximum atomic E-state index is 4.57. The largest absolute Gasteiger partial charge is 0.295 e. The smallest absolute Gasteiger partial charge is 0.109 e. The van der Waals surface area contributed by atoms with Crippen LogP contribution >= 0.6 is 22.7 Å². The number of likely N-dealkylation sites (N-methyl/N-ethyl adjacent to an activating group) is 1. The molecule has 0 aromatic carbocycles. The number of hydrogen-bond donors (Lipinski definition) is 0. The molecular formula is C20H21N5S2. The van der Waals surface area contributed by atoms with Crippen LogP contribution in [0.2, 0.25) is 0 Å². The Hall–Kier alpha value is -2.06. The van der Waals surface area contributed by atoms with Crippen molar-refractivity contribution in [2.24, 2.45) is 0 Å². The van der Waals surface area contributed by atoms with E-state index in [1.807, 2.05) is 15.9 Å². The number of fused-ring (bicyclic) bond motifs is 1. The van der Waals surface area contributed by atoms with Crippen molar-refractivity contribution in [1.82, 2.24) is 24.6 Å². The van der Waals surface area contributed by atoms with Gasteiger partial charge in [-0.15, -0.1) is 16.4 Å². The molecule has 0 bridgehead atoms. The normalized spacial score (nSPS) is 19.1. The van der Waals surface area contributed by atoms with Crippen LogP contribution in [0.1, 0.15) is 16.6 Å². The predicted octanol–water partition coefficient (Wildman–Crippen LogP) is 4.01. The van der Waals surface area contributed by atoms with Gasteiger partial charge in [0.15, 0.2) is 0 Å². The van der Waals surface area contributed by atoms with Crippen LogP contribution in [0.3, 0.4) is 0 Å². The number of rotatable bonds is 4. The molecule has 1 aliphatic heterocycles. The minimum absolute atomic E-state index is 0.267. The molecule has 5 rings (SSSR count). The van der Waals surface area contributed by atoms with Crippen molar-refractivity contribution in [1.29, 1.82) is 0 Å². The Labute approximate surface area is 166 Å². The number of aromatic nitrogens is 3. The van der Waals surface area contributed by atoms with Crippen LogP contribution in [0.25, 0.3) is 16.6 Å². The van der Waals surface area contributed by atoms with Gasteiger partial charge in [-0.3, -0.25) is 9.80 Å². The van der Waals surface area contributed by atoms with Gasteiger partial charge in [0, 0.05) is 42.8 Å². The molecule has 1 atom stereocenters. The zero-order chi connectivity index (χ0) is 18.2. The Bertz CT molecular complexity index is 1020. The molecule has 0 aliphatic carbocycles. The standard InChI is InChI=1S/C20H21N5S2/c1-23-7-8-24(12-17-3-2-9-27-17)13-19(23)20-18-5-4-15(11-25(18)22-21-20)16-6-10-26-14-16/h2-6,9-11,14,19H,7-8,12-13H2,1H3/t19-/m1/s1. The first-order valence-corrected chi connectivity index (χ1v) is 10.9. The van der Waals surface area contributed by atoms with E-state index in [4.69, 9.17) is 0 Å². The van der Waals surface area contributed by atoms with Gasteiger partial charge >= 0.3 is 0 Å². The Balaban J connectivity index is 1.43. The van der Waals surface area contributed by atoms with Crippen LogP contribution in [0.5, 0.6) is 0 Å². The first-order chi connectivity index (χ1) is 13.3. The van der Waals surface area contributed by atoms with Crippen LogP contribution in [0.15, 0.2) is 52.7 Å². The van der Waals surface area contributed by atoms with Crippen LogP contribution in [0.4, 0.5) is 0 Å². The highest BCUT2D eigenvalue weighted by Crippen LogP contribution is 2.29. The number of nitrogens with zero attached hydrogens (tertiary/aromatic N) is 5. The molecule has 1 saturated heterocycles. The third kappa shape index (κ3) is 3.32. The summed E-state index contributed by atoms with van der Waals surface area (Å²) < 4.78 is 1.92. The highest BCUT2D eigenvalue weighted by atomic mass is 32.1.